The molecule has 10 aromatic heterocycles. The first-order valence-electron chi connectivity index (χ1n) is 44.3. The highest BCUT2D eigenvalue weighted by molar-refractivity contribution is 5.87. The van der Waals surface area contributed by atoms with E-state index in [1.165, 1.54) is 71.4 Å². The van der Waals surface area contributed by atoms with Crippen LogP contribution in [0.15, 0.2) is 223 Å². The fourth-order valence-corrected chi connectivity index (χ4v) is 16.9. The number of alkyl halides is 2. The summed E-state index contributed by atoms with van der Waals surface area (Å²) in [5.41, 5.74) is -3.83. The van der Waals surface area contributed by atoms with Crippen LogP contribution in [0.3, 0.4) is 0 Å². The largest absolute Gasteiger partial charge is 0.497 e. The molecule has 15 heterocycles. The van der Waals surface area contributed by atoms with E-state index in [1.807, 2.05) is 0 Å². The fourth-order valence-electron chi connectivity index (χ4n) is 16.9. The molecule has 55 nitrogen and oxygen atoms in total. The van der Waals surface area contributed by atoms with Gasteiger partial charge in [0.2, 0.25) is 5.58 Å². The summed E-state index contributed by atoms with van der Waals surface area (Å²) in [6.45, 7) is -7.03. The Bertz CT molecular complexity index is 7610. The molecule has 15 N–H and O–H groups in total. The lowest BCUT2D eigenvalue weighted by Gasteiger charge is -2.18. The normalized spacial score (nSPS) is 24.1. The number of rotatable bonds is 26. The highest BCUT2D eigenvalue weighted by Crippen LogP contribution is 2.37. The number of aliphatic hydroxyl groups is 15. The van der Waals surface area contributed by atoms with Crippen molar-refractivity contribution in [2.24, 2.45) is 0 Å². The van der Waals surface area contributed by atoms with E-state index in [4.69, 9.17) is 65.2 Å². The number of hydrogen-bond donors (Lipinski definition) is 15. The highest BCUT2D eigenvalue weighted by Gasteiger charge is 2.49. The number of nitrogens with zero attached hydrogens (tertiary/aromatic N) is 15. The molecule has 5 aliphatic heterocycles. The lowest BCUT2D eigenvalue weighted by atomic mass is 10.1. The summed E-state index contributed by atoms with van der Waals surface area (Å²) in [7, 11) is 6.02. The number of methoxy groups -OCH3 is 4. The molecule has 0 aliphatic carbocycles. The number of hydrogen-bond acceptors (Lipinski definition) is 45. The predicted molar refractivity (Wildman–Crippen MR) is 488 cm³/mol. The molecule has 147 heavy (non-hydrogen) atoms. The molecule has 782 valence electrons. The SMILES string of the molecule is COc1ccc2c(Cn3c(=O)ccn([C@@H]4O[C@H](CO)[C@H](O)C4O)c3=O)noc2c1.COc1ccc2onc(Cn3c(=O)ccn([C@@H]4O[C@H](CO)[C@H](O)C4O)c3=O)c2c1.COc1ccc2onc(Cn3c(=O)ccn([C@@H]4O[C@H](CO)[C@H](O)C4O)c3=O)c2c1.COc1cccc2c(Cn3c(=O)ccn([C@@H]4O[C@H](CO)[C@H](O)C4O)c3=O)noc12.O=c1ccn([C@@H]2O[C@H](CO)[C@H](O)C2O)c(=O)n1Cc1noc2cccc(OC(F)F)c12. The van der Waals surface area contributed by atoms with Crippen LogP contribution in [0.4, 0.5) is 8.78 Å². The smallest absolute Gasteiger partial charge is 0.387 e. The van der Waals surface area contributed by atoms with Crippen molar-refractivity contribution < 1.29 is 155 Å². The minimum Gasteiger partial charge on any atom is -0.497 e. The molecule has 5 saturated heterocycles. The maximum Gasteiger partial charge on any atom is 0.387 e. The van der Waals surface area contributed by atoms with Crippen LogP contribution >= 0.6 is 0 Å². The molecule has 0 amide bonds. The number of halogens is 2. The lowest BCUT2D eigenvalue weighted by molar-refractivity contribution is -0.0555. The van der Waals surface area contributed by atoms with Gasteiger partial charge in [0, 0.05) is 72.8 Å². The van der Waals surface area contributed by atoms with E-state index in [-0.39, 0.29) is 48.6 Å². The van der Waals surface area contributed by atoms with E-state index in [1.54, 1.807) is 72.8 Å². The molecular weight excluding hydrogens is 1970 g/mol. The van der Waals surface area contributed by atoms with Gasteiger partial charge in [-0.25, -0.2) is 24.0 Å². The summed E-state index contributed by atoms with van der Waals surface area (Å²) in [5, 5.41) is 169. The van der Waals surface area contributed by atoms with Crippen LogP contribution in [0.5, 0.6) is 28.7 Å². The monoisotopic (exact) mass is 2060 g/mol. The van der Waals surface area contributed by atoms with Crippen molar-refractivity contribution in [3.63, 3.8) is 0 Å². The van der Waals surface area contributed by atoms with Crippen LogP contribution in [-0.2, 0) is 56.4 Å². The van der Waals surface area contributed by atoms with Gasteiger partial charge < -0.3 is 147 Å². The topological polar surface area (TPSA) is 746 Å². The Hall–Kier alpha value is -15.1. The van der Waals surface area contributed by atoms with Gasteiger partial charge in [-0.2, -0.15) is 8.78 Å². The van der Waals surface area contributed by atoms with E-state index < -0.39 is 225 Å². The minimum atomic E-state index is -3.11. The van der Waals surface area contributed by atoms with E-state index >= 15 is 0 Å². The molecule has 0 radical (unpaired) electrons. The molecule has 20 atom stereocenters. The summed E-state index contributed by atoms with van der Waals surface area (Å²) in [5.74, 6) is 1.92. The lowest BCUT2D eigenvalue weighted by Crippen LogP contribution is -2.43. The highest BCUT2D eigenvalue weighted by atomic mass is 19.3. The van der Waals surface area contributed by atoms with Crippen molar-refractivity contribution in [1.82, 2.24) is 71.5 Å². The Morgan fingerprint density at radius 3 is 0.912 bits per heavy atom. The molecule has 5 aliphatic rings. The second-order valence-electron chi connectivity index (χ2n) is 33.4. The first kappa shape index (κ1) is 105. The van der Waals surface area contributed by atoms with Crippen LogP contribution in [0.2, 0.25) is 0 Å². The summed E-state index contributed by atoms with van der Waals surface area (Å²) in [4.78, 5) is 126. The fraction of sp³-hybridized carbons (Fsp3) is 0.389. The van der Waals surface area contributed by atoms with Crippen molar-refractivity contribution in [2.45, 2.75) is 162 Å². The molecule has 0 saturated carbocycles. The zero-order chi connectivity index (χ0) is 105. The Labute approximate surface area is 815 Å². The second-order valence-corrected chi connectivity index (χ2v) is 33.4. The van der Waals surface area contributed by atoms with Crippen molar-refractivity contribution in [1.29, 1.82) is 0 Å². The van der Waals surface area contributed by atoms with Gasteiger partial charge in [-0.15, -0.1) is 0 Å². The number of para-hydroxylation sites is 1. The quantitative estimate of drug-likeness (QED) is 0.0241. The van der Waals surface area contributed by atoms with E-state index in [2.05, 4.69) is 30.5 Å². The van der Waals surface area contributed by atoms with Crippen LogP contribution < -0.4 is 79.9 Å². The van der Waals surface area contributed by atoms with Crippen LogP contribution in [0.1, 0.15) is 59.6 Å². The Kier molecular flexibility index (Phi) is 31.7. The molecule has 5 unspecified atom stereocenters. The summed E-state index contributed by atoms with van der Waals surface area (Å²) in [6.07, 6.45) is -20.2. The van der Waals surface area contributed by atoms with Crippen LogP contribution in [0, 0.1) is 0 Å². The molecule has 0 spiro atoms. The van der Waals surface area contributed by atoms with Crippen LogP contribution in [-0.4, -0.2) is 308 Å². The van der Waals surface area contributed by atoms with Crippen molar-refractivity contribution >= 4 is 54.8 Å². The molecule has 0 bridgehead atoms. The number of aromatic nitrogens is 15. The zero-order valence-corrected chi connectivity index (χ0v) is 77.0. The maximum atomic E-state index is 12.9. The van der Waals surface area contributed by atoms with Crippen molar-refractivity contribution in [2.75, 3.05) is 61.5 Å². The van der Waals surface area contributed by atoms with Gasteiger partial charge in [-0.05, 0) is 72.8 Å². The van der Waals surface area contributed by atoms with Gasteiger partial charge in [0.05, 0.1) is 116 Å². The summed E-state index contributed by atoms with van der Waals surface area (Å²) < 4.78 is 113. The third-order valence-electron chi connectivity index (χ3n) is 24.7. The summed E-state index contributed by atoms with van der Waals surface area (Å²) in [6, 6.07) is 30.0. The first-order chi connectivity index (χ1) is 70.6. The third-order valence-corrected chi connectivity index (χ3v) is 24.7. The number of fused-ring (bicyclic) bond motifs is 5. The number of aliphatic hydroxyl groups excluding tert-OH is 15. The van der Waals surface area contributed by atoms with Crippen molar-refractivity contribution in [3.05, 3.63) is 285 Å². The molecule has 5 fully saturated rings. The van der Waals surface area contributed by atoms with Gasteiger partial charge >= 0.3 is 35.1 Å². The molecule has 20 rings (SSSR count). The van der Waals surface area contributed by atoms with E-state index in [0.29, 0.717) is 89.7 Å². The van der Waals surface area contributed by atoms with Gasteiger partial charge in [0.1, 0.15) is 143 Å². The predicted octanol–water partition coefficient (Wildman–Crippen LogP) is -5.31. The maximum absolute atomic E-state index is 12.9. The Morgan fingerprint density at radius 1 is 0.299 bits per heavy atom. The Balaban J connectivity index is 0.000000131. The average molecular weight is 2060 g/mol. The van der Waals surface area contributed by atoms with Gasteiger partial charge in [0.15, 0.2) is 59.2 Å². The number of benzene rings is 5. The Morgan fingerprint density at radius 2 is 0.585 bits per heavy atom. The van der Waals surface area contributed by atoms with Gasteiger partial charge in [-0.1, -0.05) is 37.9 Å². The molecule has 5 aromatic carbocycles. The molecular formula is C90H93F2N15O40. The third kappa shape index (κ3) is 20.7. The van der Waals surface area contributed by atoms with Gasteiger partial charge in [0.25, 0.3) is 27.8 Å². The summed E-state index contributed by atoms with van der Waals surface area (Å²) >= 11 is 0. The van der Waals surface area contributed by atoms with Crippen molar-refractivity contribution in [3.8, 4) is 28.7 Å². The molecule has 57 heteroatoms. The number of ether oxygens (including phenoxy) is 10. The average Bonchev–Trinajstić information content (AvgIpc) is 1.59. The standard InChI is InChI=1S/C18H17F2N3O8.4C18H19N3O8/c19-17(20)30-9-2-1-3-10-13(9)8(21-31-10)6-23-12(25)4-5-22(18(23)28)16-15(27)14(26)11(7-24)29-16;2*1-27-9-2-3-12-10(6-9)11(19-29-12)7-21-14(23)4-5-20(18(21)26)17-16(25)15(24)13(8-22)28-17;1-27-9-2-3-10-11(19-29-12(10)6-9)7-21-14(23)4-5-20(18(21)26)17-16(25)15(24)13(8-22)28-17;1-27-11-4-2-3-9-10(19-29-16(9)11)7-21-13(23)5-6-20(18(21)26)17-15(25)14(24)12(8-22)28-17/h1-5,11,14-17,24,26-27H,6-7H2;3*2-6,13,15-17,22,24-25H,7-8H2,1H3;2-6,12,14-15,17,22,24-25H,7-8H2,1H3/t11-,14+,15?,16-;3*13-,15+,16?,17-;12-,14+,15?,17-/m11111/s1. The first-order valence-corrected chi connectivity index (χ1v) is 44.3. The van der Waals surface area contributed by atoms with E-state index in [0.717, 1.165) is 82.2 Å². The zero-order valence-electron chi connectivity index (χ0n) is 77.0. The van der Waals surface area contributed by atoms with E-state index in [9.17, 15) is 133 Å². The molecule has 15 aromatic rings. The van der Waals surface area contributed by atoms with Gasteiger partial charge in [-0.3, -0.25) is 69.6 Å². The second kappa shape index (κ2) is 44.5. The van der Waals surface area contributed by atoms with Crippen LogP contribution in [0.25, 0.3) is 54.8 Å². The minimum absolute atomic E-state index is 0.00985.